The number of rotatable bonds is 2. The molecule has 60 valence electrons. The summed E-state index contributed by atoms with van der Waals surface area (Å²) in [6.45, 7) is 0.461. The molecule has 0 atom stereocenters. The summed E-state index contributed by atoms with van der Waals surface area (Å²) in [4.78, 5) is 0. The van der Waals surface area contributed by atoms with E-state index in [0.717, 1.165) is 9.13 Å². The fourth-order valence-corrected chi connectivity index (χ4v) is 1.29. The summed E-state index contributed by atoms with van der Waals surface area (Å²) in [5.41, 5.74) is 0.827. The van der Waals surface area contributed by atoms with Crippen LogP contribution in [0.25, 0.3) is 0 Å². The minimum absolute atomic E-state index is 0.304. The Morgan fingerprint density at radius 1 is 1.55 bits per heavy atom. The molecule has 3 heteroatoms. The van der Waals surface area contributed by atoms with Crippen LogP contribution in [0.3, 0.4) is 0 Å². The van der Waals surface area contributed by atoms with Gasteiger partial charge < -0.3 is 9.84 Å². The van der Waals surface area contributed by atoms with Gasteiger partial charge in [-0.25, -0.2) is 0 Å². The molecule has 1 rings (SSSR count). The lowest BCUT2D eigenvalue weighted by atomic mass is 10.2. The van der Waals surface area contributed by atoms with Crippen molar-refractivity contribution in [2.75, 3.05) is 7.11 Å². The minimum atomic E-state index is 0.304. The molecule has 0 amide bonds. The van der Waals surface area contributed by atoms with Crippen LogP contribution in [0, 0.1) is 3.57 Å². The van der Waals surface area contributed by atoms with E-state index in [9.17, 15) is 5.11 Å². The van der Waals surface area contributed by atoms with E-state index in [-0.39, 0.29) is 0 Å². The van der Waals surface area contributed by atoms with E-state index in [1.54, 1.807) is 13.2 Å². The lowest BCUT2D eigenvalue weighted by molar-refractivity contribution is 0.182. The minimum Gasteiger partial charge on any atom is -0.508 e. The number of phenolic OH excluding ortho intramolecular Hbond substituents is 1. The predicted octanol–water partition coefficient (Wildman–Crippen LogP) is 2.14. The molecule has 0 spiro atoms. The summed E-state index contributed by atoms with van der Waals surface area (Å²) in [7, 11) is 1.61. The molecular weight excluding hydrogens is 255 g/mol. The topological polar surface area (TPSA) is 29.5 Å². The Morgan fingerprint density at radius 3 is 2.82 bits per heavy atom. The van der Waals surface area contributed by atoms with Crippen LogP contribution in [0.15, 0.2) is 18.2 Å². The first-order valence-corrected chi connectivity index (χ1v) is 4.28. The second-order valence-corrected chi connectivity index (χ2v) is 3.45. The highest BCUT2D eigenvalue weighted by Crippen LogP contribution is 2.20. The molecule has 0 aromatic heterocycles. The van der Waals surface area contributed by atoms with Crippen LogP contribution in [0.2, 0.25) is 0 Å². The Balaban J connectivity index is 2.90. The number of hydrogen-bond acceptors (Lipinski definition) is 2. The van der Waals surface area contributed by atoms with Gasteiger partial charge in [0.2, 0.25) is 0 Å². The zero-order chi connectivity index (χ0) is 8.27. The van der Waals surface area contributed by atoms with E-state index in [1.807, 2.05) is 12.1 Å². The van der Waals surface area contributed by atoms with Crippen molar-refractivity contribution in [1.82, 2.24) is 0 Å². The smallest absolute Gasteiger partial charge is 0.122 e. The van der Waals surface area contributed by atoms with Crippen molar-refractivity contribution in [1.29, 1.82) is 0 Å². The molecule has 1 aromatic rings. The highest BCUT2D eigenvalue weighted by atomic mass is 127. The molecule has 0 aliphatic heterocycles. The molecule has 0 saturated carbocycles. The van der Waals surface area contributed by atoms with Crippen molar-refractivity contribution in [2.24, 2.45) is 0 Å². The first-order valence-electron chi connectivity index (χ1n) is 3.20. The van der Waals surface area contributed by atoms with Gasteiger partial charge in [-0.2, -0.15) is 0 Å². The summed E-state index contributed by atoms with van der Waals surface area (Å²) < 4.78 is 5.91. The lowest BCUT2D eigenvalue weighted by Gasteiger charge is -2.02. The number of halogens is 1. The number of aromatic hydroxyl groups is 1. The quantitative estimate of drug-likeness (QED) is 0.829. The Labute approximate surface area is 79.3 Å². The van der Waals surface area contributed by atoms with Gasteiger partial charge in [-0.15, -0.1) is 0 Å². The maximum absolute atomic E-state index is 9.34. The monoisotopic (exact) mass is 264 g/mol. The van der Waals surface area contributed by atoms with E-state index in [0.29, 0.717) is 12.4 Å². The molecule has 2 nitrogen and oxygen atoms in total. The van der Waals surface area contributed by atoms with Gasteiger partial charge in [0.05, 0.1) is 6.61 Å². The summed E-state index contributed by atoms with van der Waals surface area (Å²) in [6.07, 6.45) is 0. The van der Waals surface area contributed by atoms with Crippen LogP contribution in [0.4, 0.5) is 0 Å². The highest BCUT2D eigenvalue weighted by molar-refractivity contribution is 14.1. The Hall–Kier alpha value is -0.290. The number of phenols is 1. The van der Waals surface area contributed by atoms with Crippen LogP contribution >= 0.6 is 22.6 Å². The predicted molar refractivity (Wildman–Crippen MR) is 51.5 cm³/mol. The molecule has 0 radical (unpaired) electrons. The highest BCUT2D eigenvalue weighted by Gasteiger charge is 1.99. The third-order valence-corrected chi connectivity index (χ3v) is 2.02. The van der Waals surface area contributed by atoms with Crippen molar-refractivity contribution in [2.45, 2.75) is 6.61 Å². The van der Waals surface area contributed by atoms with Gasteiger partial charge in [0.1, 0.15) is 5.75 Å². The van der Waals surface area contributed by atoms with Crippen molar-refractivity contribution in [3.05, 3.63) is 27.3 Å². The first-order chi connectivity index (χ1) is 5.24. The average Bonchev–Trinajstić information content (AvgIpc) is 1.95. The lowest BCUT2D eigenvalue weighted by Crippen LogP contribution is -1.87. The van der Waals surface area contributed by atoms with Crippen molar-refractivity contribution in [3.8, 4) is 5.75 Å². The molecule has 11 heavy (non-hydrogen) atoms. The number of hydrogen-bond donors (Lipinski definition) is 1. The zero-order valence-corrected chi connectivity index (χ0v) is 8.33. The fourth-order valence-electron chi connectivity index (χ4n) is 0.815. The van der Waals surface area contributed by atoms with Crippen LogP contribution in [-0.2, 0) is 11.3 Å². The third-order valence-electron chi connectivity index (χ3n) is 1.35. The number of benzene rings is 1. The first kappa shape index (κ1) is 8.80. The third kappa shape index (κ3) is 2.34. The second-order valence-electron chi connectivity index (χ2n) is 2.21. The van der Waals surface area contributed by atoms with Crippen molar-refractivity contribution >= 4 is 22.6 Å². The van der Waals surface area contributed by atoms with Crippen LogP contribution in [-0.4, -0.2) is 12.2 Å². The Morgan fingerprint density at radius 2 is 2.27 bits per heavy atom. The Bertz CT molecular complexity index is 248. The molecule has 1 N–H and O–H groups in total. The van der Waals surface area contributed by atoms with Gasteiger partial charge in [-0.3, -0.25) is 0 Å². The molecule has 0 saturated heterocycles. The van der Waals surface area contributed by atoms with Gasteiger partial charge >= 0.3 is 0 Å². The number of methoxy groups -OCH3 is 1. The van der Waals surface area contributed by atoms with Gasteiger partial charge in [0, 0.05) is 16.2 Å². The van der Waals surface area contributed by atoms with Gasteiger partial charge in [-0.05, 0) is 34.7 Å². The van der Waals surface area contributed by atoms with E-state index < -0.39 is 0 Å². The van der Waals surface area contributed by atoms with Gasteiger partial charge in [0.25, 0.3) is 0 Å². The van der Waals surface area contributed by atoms with Gasteiger partial charge in [-0.1, -0.05) is 6.07 Å². The largest absolute Gasteiger partial charge is 0.508 e. The van der Waals surface area contributed by atoms with Crippen LogP contribution < -0.4 is 0 Å². The summed E-state index contributed by atoms with van der Waals surface area (Å²) >= 11 is 2.15. The average molecular weight is 264 g/mol. The summed E-state index contributed by atoms with van der Waals surface area (Å²) in [5.74, 6) is 0.304. The molecule has 0 unspecified atom stereocenters. The fraction of sp³-hybridized carbons (Fsp3) is 0.250. The molecule has 0 bridgehead atoms. The van der Waals surface area contributed by atoms with Crippen LogP contribution in [0.1, 0.15) is 5.56 Å². The molecule has 1 aromatic carbocycles. The normalized spacial score (nSPS) is 10.0. The van der Waals surface area contributed by atoms with E-state index in [2.05, 4.69) is 22.6 Å². The van der Waals surface area contributed by atoms with Crippen molar-refractivity contribution < 1.29 is 9.84 Å². The second kappa shape index (κ2) is 3.92. The van der Waals surface area contributed by atoms with E-state index >= 15 is 0 Å². The Kier molecular flexibility index (Phi) is 3.14. The number of ether oxygens (including phenoxy) is 1. The zero-order valence-electron chi connectivity index (χ0n) is 6.17. The summed E-state index contributed by atoms with van der Waals surface area (Å²) in [6, 6.07) is 5.52. The molecule has 0 aliphatic rings. The van der Waals surface area contributed by atoms with Crippen LogP contribution in [0.5, 0.6) is 5.75 Å². The molecule has 0 heterocycles. The van der Waals surface area contributed by atoms with Crippen molar-refractivity contribution in [3.63, 3.8) is 0 Å². The summed E-state index contributed by atoms with van der Waals surface area (Å²) in [5, 5.41) is 9.34. The molecule has 0 fully saturated rings. The standard InChI is InChI=1S/C8H9IO2/c1-11-5-6-2-3-7(9)4-8(6)10/h2-4,10H,5H2,1H3. The molecular formula is C8H9IO2. The maximum Gasteiger partial charge on any atom is 0.122 e. The molecule has 0 aliphatic carbocycles. The van der Waals surface area contributed by atoms with E-state index in [1.165, 1.54) is 0 Å². The maximum atomic E-state index is 9.34. The van der Waals surface area contributed by atoms with E-state index in [4.69, 9.17) is 4.74 Å². The van der Waals surface area contributed by atoms with Gasteiger partial charge in [0.15, 0.2) is 0 Å². The SMILES string of the molecule is COCc1ccc(I)cc1O.